The summed E-state index contributed by atoms with van der Waals surface area (Å²) in [4.78, 5) is 10.1. The molecule has 0 amide bonds. The van der Waals surface area contributed by atoms with Crippen LogP contribution in [0.5, 0.6) is 0 Å². The second-order valence-corrected chi connectivity index (χ2v) is 4.94. The van der Waals surface area contributed by atoms with Gasteiger partial charge >= 0.3 is 67.4 Å². The Balaban J connectivity index is -0.00000112. The van der Waals surface area contributed by atoms with Crippen LogP contribution in [0, 0.1) is 0 Å². The fraction of sp³-hybridized carbons (Fsp3) is 1.00. The van der Waals surface area contributed by atoms with Crippen molar-refractivity contribution in [3.63, 3.8) is 0 Å². The Hall–Kier alpha value is 2.02. The quantitative estimate of drug-likeness (QED) is 0.236. The Morgan fingerprint density at radius 3 is 1.61 bits per heavy atom. The summed E-state index contributed by atoms with van der Waals surface area (Å²) < 4.78 is 14.5. The van der Waals surface area contributed by atoms with Crippen molar-refractivity contribution < 1.29 is 73.1 Å². The molecule has 3 nitrogen and oxygen atoms in total. The molecular formula is C12H25Na2O3P+2. The zero-order chi connectivity index (χ0) is 12.1. The molecule has 0 aliphatic heterocycles. The first-order valence-corrected chi connectivity index (χ1v) is 7.64. The monoisotopic (exact) mass is 294 g/mol. The summed E-state index contributed by atoms with van der Waals surface area (Å²) >= 11 is 0. The smallest absolute Gasteiger partial charge is 0.566 e. The maximum Gasteiger partial charge on any atom is 1.00 e. The Morgan fingerprint density at radius 1 is 0.833 bits per heavy atom. The number of rotatable bonds is 12. The fourth-order valence-corrected chi connectivity index (χ4v) is 2.01. The minimum Gasteiger partial charge on any atom is -0.566 e. The van der Waals surface area contributed by atoms with Crippen molar-refractivity contribution in [1.82, 2.24) is 0 Å². The second kappa shape index (κ2) is 21.3. The zero-order valence-corrected chi connectivity index (χ0v) is 17.3. The van der Waals surface area contributed by atoms with Gasteiger partial charge in [0.2, 0.25) is 0 Å². The number of hydrogen-bond acceptors (Lipinski definition) is 3. The van der Waals surface area contributed by atoms with Gasteiger partial charge in [0, 0.05) is 0 Å². The molecule has 0 fully saturated rings. The summed E-state index contributed by atoms with van der Waals surface area (Å²) in [5.41, 5.74) is 0. The summed E-state index contributed by atoms with van der Waals surface area (Å²) in [6.07, 6.45) is 12.5. The Morgan fingerprint density at radius 2 is 1.22 bits per heavy atom. The van der Waals surface area contributed by atoms with Crippen LogP contribution in [0.1, 0.15) is 71.1 Å². The predicted octanol–water partition coefficient (Wildman–Crippen LogP) is -2.05. The van der Waals surface area contributed by atoms with Gasteiger partial charge in [0.05, 0.1) is 0 Å². The van der Waals surface area contributed by atoms with E-state index in [9.17, 15) is 9.46 Å². The third-order valence-electron chi connectivity index (χ3n) is 2.69. The molecule has 0 aliphatic carbocycles. The standard InChI is InChI=1S/C12H25O3P.2Na/c1-2-3-4-5-6-7-8-9-10-11-12-15-16(13)14;;/h2-12H2,1H3;;/q;2*+1. The van der Waals surface area contributed by atoms with Crippen LogP contribution in [0.4, 0.5) is 0 Å². The maximum atomic E-state index is 10.1. The van der Waals surface area contributed by atoms with Gasteiger partial charge in [-0.2, -0.15) is 0 Å². The summed E-state index contributed by atoms with van der Waals surface area (Å²) in [5.74, 6) is 0. The van der Waals surface area contributed by atoms with Gasteiger partial charge in [-0.15, -0.1) is 4.52 Å². The number of hydrogen-bond donors (Lipinski definition) is 0. The van der Waals surface area contributed by atoms with Crippen LogP contribution in [0.2, 0.25) is 0 Å². The summed E-state index contributed by atoms with van der Waals surface area (Å²) in [5, 5.41) is 0. The molecule has 0 aromatic carbocycles. The van der Waals surface area contributed by atoms with Crippen LogP contribution >= 0.6 is 8.25 Å². The predicted molar refractivity (Wildman–Crippen MR) is 65.4 cm³/mol. The van der Waals surface area contributed by atoms with Crippen molar-refractivity contribution in [1.29, 1.82) is 0 Å². The normalized spacial score (nSPS) is 10.4. The van der Waals surface area contributed by atoms with Crippen molar-refractivity contribution in [2.75, 3.05) is 6.61 Å². The van der Waals surface area contributed by atoms with Gasteiger partial charge < -0.3 is 4.89 Å². The van der Waals surface area contributed by atoms with Crippen molar-refractivity contribution in [3.8, 4) is 0 Å². The molecule has 0 N–H and O–H groups in total. The van der Waals surface area contributed by atoms with Crippen molar-refractivity contribution in [3.05, 3.63) is 0 Å². The van der Waals surface area contributed by atoms with Crippen molar-refractivity contribution in [2.45, 2.75) is 71.1 Å². The molecule has 0 heterocycles. The van der Waals surface area contributed by atoms with Crippen LogP contribution in [0.25, 0.3) is 0 Å². The van der Waals surface area contributed by atoms with E-state index in [2.05, 4.69) is 11.4 Å². The molecule has 0 aromatic heterocycles. The summed E-state index contributed by atoms with van der Waals surface area (Å²) in [6, 6.07) is 0. The molecule has 1 unspecified atom stereocenters. The molecule has 0 aliphatic rings. The average molecular weight is 294 g/mol. The van der Waals surface area contributed by atoms with Gasteiger partial charge in [0.25, 0.3) is 0 Å². The molecule has 0 spiro atoms. The molecule has 0 radical (unpaired) electrons. The molecule has 18 heavy (non-hydrogen) atoms. The van der Waals surface area contributed by atoms with Crippen LogP contribution < -0.4 is 64.0 Å². The Kier molecular flexibility index (Phi) is 29.6. The Labute approximate surface area is 157 Å². The van der Waals surface area contributed by atoms with Crippen molar-refractivity contribution in [2.24, 2.45) is 0 Å². The minimum absolute atomic E-state index is 0. The van der Waals surface area contributed by atoms with Crippen LogP contribution in [-0.4, -0.2) is 6.61 Å². The third kappa shape index (κ3) is 23.1. The summed E-state index contributed by atoms with van der Waals surface area (Å²) in [6.45, 7) is 2.59. The second-order valence-electron chi connectivity index (χ2n) is 4.24. The van der Waals surface area contributed by atoms with Gasteiger partial charge in [0.15, 0.2) is 0 Å². The van der Waals surface area contributed by atoms with Crippen LogP contribution in [0.3, 0.4) is 0 Å². The molecule has 6 heteroatoms. The van der Waals surface area contributed by atoms with E-state index in [1.807, 2.05) is 0 Å². The van der Waals surface area contributed by atoms with E-state index in [0.717, 1.165) is 12.8 Å². The molecular weight excluding hydrogens is 269 g/mol. The summed E-state index contributed by atoms with van der Waals surface area (Å²) in [7, 11) is -2.64. The van der Waals surface area contributed by atoms with Crippen LogP contribution in [-0.2, 0) is 9.09 Å². The molecule has 0 saturated carbocycles. The fourth-order valence-electron chi connectivity index (χ4n) is 1.73. The van der Waals surface area contributed by atoms with E-state index < -0.39 is 8.25 Å². The molecule has 96 valence electrons. The average Bonchev–Trinajstić information content (AvgIpc) is 2.25. The zero-order valence-electron chi connectivity index (χ0n) is 12.5. The van der Waals surface area contributed by atoms with Gasteiger partial charge in [-0.05, 0) is 11.0 Å². The van der Waals surface area contributed by atoms with Gasteiger partial charge in [-0.1, -0.05) is 64.7 Å². The van der Waals surface area contributed by atoms with Gasteiger partial charge in [-0.25, -0.2) is 0 Å². The topological polar surface area (TPSA) is 49.4 Å². The minimum atomic E-state index is -2.64. The number of unbranched alkanes of at least 4 members (excludes halogenated alkanes) is 9. The van der Waals surface area contributed by atoms with E-state index >= 15 is 0 Å². The first kappa shape index (κ1) is 25.0. The SMILES string of the molecule is CCCCCCCCCCCCO[P+](=O)[O-].[Na+].[Na+]. The van der Waals surface area contributed by atoms with E-state index in [1.165, 1.54) is 51.4 Å². The molecule has 1 atom stereocenters. The Bertz CT molecular complexity index is 171. The maximum absolute atomic E-state index is 10.1. The van der Waals surface area contributed by atoms with Crippen LogP contribution in [0.15, 0.2) is 0 Å². The molecule has 0 rings (SSSR count). The van der Waals surface area contributed by atoms with Crippen molar-refractivity contribution >= 4 is 8.25 Å². The molecule has 0 bridgehead atoms. The van der Waals surface area contributed by atoms with E-state index in [4.69, 9.17) is 0 Å². The molecule has 0 saturated heterocycles. The molecule has 0 aromatic rings. The van der Waals surface area contributed by atoms with Gasteiger partial charge in [-0.3, -0.25) is 0 Å². The van der Waals surface area contributed by atoms with Gasteiger partial charge in [0.1, 0.15) is 6.61 Å². The third-order valence-corrected chi connectivity index (χ3v) is 3.09. The largest absolute Gasteiger partial charge is 1.00 e. The van der Waals surface area contributed by atoms with E-state index in [1.54, 1.807) is 0 Å². The van der Waals surface area contributed by atoms with E-state index in [0.29, 0.717) is 6.61 Å². The first-order valence-electron chi connectivity index (χ1n) is 6.54. The first-order chi connectivity index (χ1) is 7.77. The van der Waals surface area contributed by atoms with E-state index in [-0.39, 0.29) is 59.1 Å².